The quantitative estimate of drug-likeness (QED) is 0.494. The minimum absolute atomic E-state index is 0.175. The van der Waals surface area contributed by atoms with Crippen LogP contribution in [0.3, 0.4) is 0 Å². The standard InChI is InChI=1S/C20H37N5O/c1-5-21-20(22-15-17-11-9-13-25(17)8-4)23-16-18(24(6-2)7-3)19-12-10-14-26-19/h10,12,14,17-18H,5-9,11,13,15-16H2,1-4H3,(H2,21,22,23). The van der Waals surface area contributed by atoms with Gasteiger partial charge in [-0.2, -0.15) is 0 Å². The van der Waals surface area contributed by atoms with Crippen molar-refractivity contribution >= 4 is 5.96 Å². The van der Waals surface area contributed by atoms with Crippen molar-refractivity contribution in [3.05, 3.63) is 24.2 Å². The van der Waals surface area contributed by atoms with Gasteiger partial charge in [0, 0.05) is 19.1 Å². The van der Waals surface area contributed by atoms with E-state index in [1.807, 2.05) is 6.07 Å². The summed E-state index contributed by atoms with van der Waals surface area (Å²) in [5, 5.41) is 6.94. The van der Waals surface area contributed by atoms with E-state index in [2.05, 4.69) is 54.2 Å². The van der Waals surface area contributed by atoms with E-state index in [0.29, 0.717) is 12.6 Å². The van der Waals surface area contributed by atoms with E-state index in [4.69, 9.17) is 9.41 Å². The maximum atomic E-state index is 5.68. The molecule has 1 aliphatic rings. The highest BCUT2D eigenvalue weighted by Crippen LogP contribution is 2.21. The number of aliphatic imine (C=N–C) groups is 1. The number of hydrogen-bond acceptors (Lipinski definition) is 4. The van der Waals surface area contributed by atoms with Crippen LogP contribution in [-0.2, 0) is 0 Å². The molecule has 2 rings (SSSR count). The number of likely N-dealkylation sites (tertiary alicyclic amines) is 1. The second-order valence-corrected chi connectivity index (χ2v) is 6.78. The van der Waals surface area contributed by atoms with Crippen molar-refractivity contribution < 1.29 is 4.42 Å². The number of nitrogens with zero attached hydrogens (tertiary/aromatic N) is 3. The van der Waals surface area contributed by atoms with Crippen molar-refractivity contribution in [3.8, 4) is 0 Å². The summed E-state index contributed by atoms with van der Waals surface area (Å²) in [5.74, 6) is 1.89. The fraction of sp³-hybridized carbons (Fsp3) is 0.750. The van der Waals surface area contributed by atoms with Crippen LogP contribution in [0.5, 0.6) is 0 Å². The molecule has 0 spiro atoms. The van der Waals surface area contributed by atoms with E-state index < -0.39 is 0 Å². The Morgan fingerprint density at radius 1 is 1.31 bits per heavy atom. The van der Waals surface area contributed by atoms with Gasteiger partial charge in [-0.3, -0.25) is 14.8 Å². The maximum Gasteiger partial charge on any atom is 0.191 e. The largest absolute Gasteiger partial charge is 0.468 e. The third kappa shape index (κ3) is 5.74. The van der Waals surface area contributed by atoms with Crippen LogP contribution in [-0.4, -0.2) is 67.6 Å². The third-order valence-electron chi connectivity index (χ3n) is 5.30. The van der Waals surface area contributed by atoms with Crippen molar-refractivity contribution in [1.82, 2.24) is 20.4 Å². The summed E-state index contributed by atoms with van der Waals surface area (Å²) >= 11 is 0. The first-order valence-electron chi connectivity index (χ1n) is 10.3. The summed E-state index contributed by atoms with van der Waals surface area (Å²) in [7, 11) is 0. The number of nitrogens with one attached hydrogen (secondary N) is 2. The lowest BCUT2D eigenvalue weighted by Gasteiger charge is -2.27. The molecule has 2 atom stereocenters. The second-order valence-electron chi connectivity index (χ2n) is 6.78. The van der Waals surface area contributed by atoms with E-state index in [1.165, 1.54) is 19.4 Å². The number of guanidine groups is 1. The number of likely N-dealkylation sites (N-methyl/N-ethyl adjacent to an activating group) is 2. The second kappa shape index (κ2) is 11.2. The highest BCUT2D eigenvalue weighted by Gasteiger charge is 2.23. The monoisotopic (exact) mass is 363 g/mol. The van der Waals surface area contributed by atoms with Crippen molar-refractivity contribution in [3.63, 3.8) is 0 Å². The molecular formula is C20H37N5O. The van der Waals surface area contributed by atoms with Gasteiger partial charge in [0.25, 0.3) is 0 Å². The molecule has 0 saturated carbocycles. The molecule has 0 aliphatic carbocycles. The average Bonchev–Trinajstić information content (AvgIpc) is 3.34. The summed E-state index contributed by atoms with van der Waals surface area (Å²) in [6.07, 6.45) is 4.32. The van der Waals surface area contributed by atoms with Crippen LogP contribution in [0.15, 0.2) is 27.8 Å². The van der Waals surface area contributed by atoms with Gasteiger partial charge in [0.1, 0.15) is 5.76 Å². The topological polar surface area (TPSA) is 56.0 Å². The Balaban J connectivity index is 2.00. The summed E-state index contributed by atoms with van der Waals surface area (Å²) < 4.78 is 5.68. The Morgan fingerprint density at radius 2 is 2.12 bits per heavy atom. The van der Waals surface area contributed by atoms with Crippen molar-refractivity contribution in [2.24, 2.45) is 4.99 Å². The van der Waals surface area contributed by atoms with Crippen molar-refractivity contribution in [1.29, 1.82) is 0 Å². The van der Waals surface area contributed by atoms with Gasteiger partial charge in [0.15, 0.2) is 5.96 Å². The van der Waals surface area contributed by atoms with Crippen LogP contribution >= 0.6 is 0 Å². The fourth-order valence-electron chi connectivity index (χ4n) is 3.81. The predicted molar refractivity (Wildman–Crippen MR) is 109 cm³/mol. The Kier molecular flexibility index (Phi) is 8.98. The van der Waals surface area contributed by atoms with E-state index in [-0.39, 0.29) is 6.04 Å². The van der Waals surface area contributed by atoms with Crippen LogP contribution in [0.25, 0.3) is 0 Å². The zero-order valence-corrected chi connectivity index (χ0v) is 17.0. The first-order chi connectivity index (χ1) is 12.7. The lowest BCUT2D eigenvalue weighted by Crippen LogP contribution is -2.45. The zero-order valence-electron chi connectivity index (χ0n) is 17.0. The SMILES string of the molecule is CCNC(=NCC(c1ccco1)N(CC)CC)NCC1CCCN1CC. The fourth-order valence-corrected chi connectivity index (χ4v) is 3.81. The molecule has 0 amide bonds. The number of hydrogen-bond donors (Lipinski definition) is 2. The van der Waals surface area contributed by atoms with E-state index in [0.717, 1.165) is 44.4 Å². The molecule has 1 fully saturated rings. The molecule has 26 heavy (non-hydrogen) atoms. The third-order valence-corrected chi connectivity index (χ3v) is 5.30. The lowest BCUT2D eigenvalue weighted by molar-refractivity contribution is 0.198. The highest BCUT2D eigenvalue weighted by atomic mass is 16.3. The molecule has 6 heteroatoms. The molecule has 6 nitrogen and oxygen atoms in total. The smallest absolute Gasteiger partial charge is 0.191 e. The first kappa shape index (κ1) is 20.8. The highest BCUT2D eigenvalue weighted by molar-refractivity contribution is 5.79. The van der Waals surface area contributed by atoms with Gasteiger partial charge in [-0.1, -0.05) is 20.8 Å². The van der Waals surface area contributed by atoms with Gasteiger partial charge < -0.3 is 15.1 Å². The molecule has 1 aromatic rings. The van der Waals surface area contributed by atoms with Gasteiger partial charge in [0.2, 0.25) is 0 Å². The summed E-state index contributed by atoms with van der Waals surface area (Å²) in [5.41, 5.74) is 0. The van der Waals surface area contributed by atoms with Crippen LogP contribution in [0.1, 0.15) is 52.3 Å². The normalized spacial score (nSPS) is 19.9. The number of rotatable bonds is 10. The lowest BCUT2D eigenvalue weighted by atomic mass is 10.2. The van der Waals surface area contributed by atoms with E-state index >= 15 is 0 Å². The molecule has 1 aliphatic heterocycles. The zero-order chi connectivity index (χ0) is 18.8. The van der Waals surface area contributed by atoms with E-state index in [1.54, 1.807) is 6.26 Å². The Morgan fingerprint density at radius 3 is 2.73 bits per heavy atom. The van der Waals surface area contributed by atoms with Gasteiger partial charge in [-0.15, -0.1) is 0 Å². The van der Waals surface area contributed by atoms with Crippen molar-refractivity contribution in [2.75, 3.05) is 45.8 Å². The molecule has 2 N–H and O–H groups in total. The molecule has 0 aromatic carbocycles. The molecule has 2 heterocycles. The van der Waals surface area contributed by atoms with Gasteiger partial charge in [-0.05, 0) is 58.1 Å². The maximum absolute atomic E-state index is 5.68. The molecule has 148 valence electrons. The van der Waals surface area contributed by atoms with Gasteiger partial charge >= 0.3 is 0 Å². The Labute approximate surface area is 159 Å². The number of furan rings is 1. The molecule has 1 aromatic heterocycles. The Hall–Kier alpha value is -1.53. The molecule has 0 radical (unpaired) electrons. The van der Waals surface area contributed by atoms with E-state index in [9.17, 15) is 0 Å². The average molecular weight is 364 g/mol. The van der Waals surface area contributed by atoms with Gasteiger partial charge in [0.05, 0.1) is 18.8 Å². The minimum atomic E-state index is 0.175. The molecule has 2 unspecified atom stereocenters. The van der Waals surface area contributed by atoms with Crippen LogP contribution in [0.4, 0.5) is 0 Å². The Bertz CT molecular complexity index is 512. The molecular weight excluding hydrogens is 326 g/mol. The van der Waals surface area contributed by atoms with Crippen molar-refractivity contribution in [2.45, 2.75) is 52.6 Å². The minimum Gasteiger partial charge on any atom is -0.468 e. The van der Waals surface area contributed by atoms with Gasteiger partial charge in [-0.25, -0.2) is 0 Å². The first-order valence-corrected chi connectivity index (χ1v) is 10.3. The molecule has 0 bridgehead atoms. The summed E-state index contributed by atoms with van der Waals surface area (Å²) in [4.78, 5) is 9.82. The van der Waals surface area contributed by atoms with Crippen LogP contribution < -0.4 is 10.6 Å². The summed E-state index contributed by atoms with van der Waals surface area (Å²) in [6, 6.07) is 4.80. The van der Waals surface area contributed by atoms with Crippen LogP contribution in [0, 0.1) is 0 Å². The predicted octanol–water partition coefficient (Wildman–Crippen LogP) is 2.70. The molecule has 1 saturated heterocycles. The summed E-state index contributed by atoms with van der Waals surface area (Å²) in [6.45, 7) is 15.5. The van der Waals surface area contributed by atoms with Crippen LogP contribution in [0.2, 0.25) is 0 Å².